The number of carboxylic acids is 1. The molecule has 3 rings (SSSR count). The van der Waals surface area contributed by atoms with E-state index in [9.17, 15) is 9.90 Å². The molecule has 24 heavy (non-hydrogen) atoms. The number of fused-ring (bicyclic) bond motifs is 1. The highest BCUT2D eigenvalue weighted by atomic mass is 32.1. The zero-order valence-electron chi connectivity index (χ0n) is 13.5. The van der Waals surface area contributed by atoms with Crippen LogP contribution < -0.4 is 0 Å². The second-order valence-electron chi connectivity index (χ2n) is 5.26. The van der Waals surface area contributed by atoms with Gasteiger partial charge in [0.2, 0.25) is 0 Å². The van der Waals surface area contributed by atoms with Gasteiger partial charge < -0.3 is 9.84 Å². The van der Waals surface area contributed by atoms with E-state index >= 15 is 0 Å². The van der Waals surface area contributed by atoms with Crippen LogP contribution in [-0.4, -0.2) is 27.5 Å². The molecule has 0 aliphatic heterocycles. The van der Waals surface area contributed by atoms with Gasteiger partial charge in [0.05, 0.1) is 5.69 Å². The Morgan fingerprint density at radius 1 is 1.38 bits per heavy atom. The molecule has 0 amide bonds. The van der Waals surface area contributed by atoms with Crippen molar-refractivity contribution in [2.75, 3.05) is 6.61 Å². The van der Waals surface area contributed by atoms with E-state index in [4.69, 9.17) is 4.74 Å². The van der Waals surface area contributed by atoms with Crippen molar-refractivity contribution < 1.29 is 14.6 Å². The van der Waals surface area contributed by atoms with E-state index in [0.717, 1.165) is 21.5 Å². The number of nitrogens with zero attached hydrogens (tertiary/aromatic N) is 2. The molecular formula is C18H18N2O3S. The zero-order chi connectivity index (χ0) is 17.1. The quantitative estimate of drug-likeness (QED) is 0.715. The smallest absolute Gasteiger partial charge is 0.345 e. The molecule has 0 fully saturated rings. The van der Waals surface area contributed by atoms with Crippen LogP contribution in [0.2, 0.25) is 0 Å². The van der Waals surface area contributed by atoms with Gasteiger partial charge in [-0.2, -0.15) is 5.10 Å². The topological polar surface area (TPSA) is 64.4 Å². The molecule has 2 aromatic heterocycles. The lowest BCUT2D eigenvalue weighted by molar-refractivity contribution is 0.0195. The standard InChI is InChI=1S/C18H18N2O3S/c1-3-23-12(2)20-17-14(11-16(24-17)18(21)22)15(19-20)10-9-13-7-5-4-6-8-13/h4-12H,3H2,1-2H3,(H,21,22)/b10-9+. The third-order valence-corrected chi connectivity index (χ3v) is 4.72. The lowest BCUT2D eigenvalue weighted by Crippen LogP contribution is -2.10. The number of ether oxygens (including phenoxy) is 1. The molecule has 0 saturated carbocycles. The van der Waals surface area contributed by atoms with Crippen molar-refractivity contribution in [2.45, 2.75) is 20.1 Å². The maximum Gasteiger partial charge on any atom is 0.345 e. The molecule has 1 aromatic carbocycles. The molecule has 124 valence electrons. The first-order valence-electron chi connectivity index (χ1n) is 7.70. The van der Waals surface area contributed by atoms with Gasteiger partial charge in [0.1, 0.15) is 15.9 Å². The van der Waals surface area contributed by atoms with Crippen LogP contribution in [0.5, 0.6) is 0 Å². The molecular weight excluding hydrogens is 324 g/mol. The van der Waals surface area contributed by atoms with Gasteiger partial charge in [0.25, 0.3) is 0 Å². The summed E-state index contributed by atoms with van der Waals surface area (Å²) in [5.74, 6) is -0.926. The van der Waals surface area contributed by atoms with Crippen LogP contribution in [-0.2, 0) is 4.74 Å². The van der Waals surface area contributed by atoms with Crippen LogP contribution in [0.4, 0.5) is 0 Å². The first-order valence-corrected chi connectivity index (χ1v) is 8.52. The number of benzene rings is 1. The first-order chi connectivity index (χ1) is 11.6. The Labute approximate surface area is 143 Å². The van der Waals surface area contributed by atoms with E-state index in [1.54, 1.807) is 10.7 Å². The van der Waals surface area contributed by atoms with E-state index in [0.29, 0.717) is 11.5 Å². The van der Waals surface area contributed by atoms with Crippen LogP contribution in [0.25, 0.3) is 22.4 Å². The third kappa shape index (κ3) is 3.25. The van der Waals surface area contributed by atoms with Gasteiger partial charge in [-0.15, -0.1) is 11.3 Å². The van der Waals surface area contributed by atoms with E-state index in [2.05, 4.69) is 5.10 Å². The van der Waals surface area contributed by atoms with Gasteiger partial charge in [-0.3, -0.25) is 0 Å². The third-order valence-electron chi connectivity index (χ3n) is 3.61. The molecule has 2 heterocycles. The van der Waals surface area contributed by atoms with Crippen molar-refractivity contribution in [3.8, 4) is 0 Å². The van der Waals surface area contributed by atoms with Crippen molar-refractivity contribution >= 4 is 39.7 Å². The predicted molar refractivity (Wildman–Crippen MR) is 96.3 cm³/mol. The molecule has 0 bridgehead atoms. The number of carboxylic acid groups (broad SMARTS) is 1. The van der Waals surface area contributed by atoms with Crippen LogP contribution >= 0.6 is 11.3 Å². The fourth-order valence-corrected chi connectivity index (χ4v) is 3.51. The summed E-state index contributed by atoms with van der Waals surface area (Å²) < 4.78 is 7.37. The van der Waals surface area contributed by atoms with Crippen molar-refractivity contribution in [1.29, 1.82) is 0 Å². The Kier molecular flexibility index (Phi) is 4.78. The minimum atomic E-state index is -0.926. The fourth-order valence-electron chi connectivity index (χ4n) is 2.48. The summed E-state index contributed by atoms with van der Waals surface area (Å²) in [5, 5.41) is 14.7. The van der Waals surface area contributed by atoms with Crippen molar-refractivity contribution in [2.24, 2.45) is 0 Å². The first kappa shape index (κ1) is 16.4. The average Bonchev–Trinajstić information content (AvgIpc) is 3.14. The Morgan fingerprint density at radius 3 is 2.79 bits per heavy atom. The van der Waals surface area contributed by atoms with E-state index < -0.39 is 5.97 Å². The Hall–Kier alpha value is -2.44. The normalized spacial score (nSPS) is 12.9. The molecule has 0 aliphatic rings. The molecule has 0 aliphatic carbocycles. The minimum Gasteiger partial charge on any atom is -0.477 e. The van der Waals surface area contributed by atoms with Crippen LogP contribution in [0, 0.1) is 0 Å². The van der Waals surface area contributed by atoms with Crippen LogP contribution in [0.3, 0.4) is 0 Å². The molecule has 1 unspecified atom stereocenters. The number of thiophene rings is 1. The van der Waals surface area contributed by atoms with Crippen molar-refractivity contribution in [3.05, 3.63) is 52.5 Å². The number of rotatable bonds is 6. The van der Waals surface area contributed by atoms with Gasteiger partial charge in [-0.1, -0.05) is 36.4 Å². The summed E-state index contributed by atoms with van der Waals surface area (Å²) in [4.78, 5) is 12.4. The summed E-state index contributed by atoms with van der Waals surface area (Å²) in [7, 11) is 0. The number of aromatic nitrogens is 2. The van der Waals surface area contributed by atoms with E-state index in [1.807, 2.05) is 56.3 Å². The molecule has 0 spiro atoms. The number of carbonyl (C=O) groups is 1. The highest BCUT2D eigenvalue weighted by Gasteiger charge is 2.19. The van der Waals surface area contributed by atoms with Crippen molar-refractivity contribution in [3.63, 3.8) is 0 Å². The summed E-state index contributed by atoms with van der Waals surface area (Å²) >= 11 is 1.22. The molecule has 3 aromatic rings. The summed E-state index contributed by atoms with van der Waals surface area (Å²) in [6.45, 7) is 4.39. The second-order valence-corrected chi connectivity index (χ2v) is 6.29. The van der Waals surface area contributed by atoms with Crippen LogP contribution in [0.1, 0.15) is 41.0 Å². The van der Waals surface area contributed by atoms with Crippen molar-refractivity contribution in [1.82, 2.24) is 9.78 Å². The highest BCUT2D eigenvalue weighted by molar-refractivity contribution is 7.20. The van der Waals surface area contributed by atoms with Gasteiger partial charge in [0.15, 0.2) is 0 Å². The van der Waals surface area contributed by atoms with E-state index in [-0.39, 0.29) is 6.23 Å². The predicted octanol–water partition coefficient (Wildman–Crippen LogP) is 4.52. The highest BCUT2D eigenvalue weighted by Crippen LogP contribution is 2.31. The Bertz CT molecular complexity index is 880. The van der Waals surface area contributed by atoms with Gasteiger partial charge in [-0.25, -0.2) is 9.48 Å². The maximum absolute atomic E-state index is 11.3. The number of aromatic carboxylic acids is 1. The zero-order valence-corrected chi connectivity index (χ0v) is 14.3. The fraction of sp³-hybridized carbons (Fsp3) is 0.222. The van der Waals surface area contributed by atoms with Gasteiger partial charge >= 0.3 is 5.97 Å². The molecule has 5 nitrogen and oxygen atoms in total. The molecule has 0 radical (unpaired) electrons. The lowest BCUT2D eigenvalue weighted by Gasteiger charge is -2.12. The van der Waals surface area contributed by atoms with Crippen LogP contribution in [0.15, 0.2) is 36.4 Å². The Balaban J connectivity index is 2.06. The number of hydrogen-bond donors (Lipinski definition) is 1. The molecule has 1 N–H and O–H groups in total. The number of hydrogen-bond acceptors (Lipinski definition) is 4. The average molecular weight is 342 g/mol. The molecule has 6 heteroatoms. The maximum atomic E-state index is 11.3. The monoisotopic (exact) mass is 342 g/mol. The largest absolute Gasteiger partial charge is 0.477 e. The Morgan fingerprint density at radius 2 is 2.12 bits per heavy atom. The van der Waals surface area contributed by atoms with Gasteiger partial charge in [-0.05, 0) is 31.6 Å². The van der Waals surface area contributed by atoms with E-state index in [1.165, 1.54) is 11.3 Å². The second kappa shape index (κ2) is 6.98. The lowest BCUT2D eigenvalue weighted by atomic mass is 10.2. The minimum absolute atomic E-state index is 0.253. The summed E-state index contributed by atoms with van der Waals surface area (Å²) in [6.07, 6.45) is 3.62. The van der Waals surface area contributed by atoms with Gasteiger partial charge in [0, 0.05) is 12.0 Å². The summed E-state index contributed by atoms with van der Waals surface area (Å²) in [6, 6.07) is 11.6. The molecule has 1 atom stereocenters. The SMILES string of the molecule is CCOC(C)n1nc(/C=C/c2ccccc2)c2cc(C(=O)O)sc21. The summed E-state index contributed by atoms with van der Waals surface area (Å²) in [5.41, 5.74) is 1.80. The molecule has 0 saturated heterocycles.